The summed E-state index contributed by atoms with van der Waals surface area (Å²) in [4.78, 5) is 0.220. The summed E-state index contributed by atoms with van der Waals surface area (Å²) in [7, 11) is 0. The highest BCUT2D eigenvalue weighted by molar-refractivity contribution is 8.00. The van der Waals surface area contributed by atoms with Crippen LogP contribution in [0.5, 0.6) is 5.75 Å². The second-order valence-corrected chi connectivity index (χ2v) is 6.28. The van der Waals surface area contributed by atoms with Crippen LogP contribution >= 0.6 is 11.8 Å². The quantitative estimate of drug-likeness (QED) is 0.848. The minimum absolute atomic E-state index is 0.220. The fourth-order valence-electron chi connectivity index (χ4n) is 2.10. The van der Waals surface area contributed by atoms with Crippen LogP contribution in [0.3, 0.4) is 0 Å². The van der Waals surface area contributed by atoms with Crippen LogP contribution in [0.4, 0.5) is 0 Å². The van der Waals surface area contributed by atoms with Crippen LogP contribution in [0.2, 0.25) is 0 Å². The number of phenols is 1. The predicted octanol–water partition coefficient (Wildman–Crippen LogP) is 2.77. The van der Waals surface area contributed by atoms with Crippen molar-refractivity contribution in [1.29, 1.82) is 0 Å². The third-order valence-electron chi connectivity index (χ3n) is 3.03. The van der Waals surface area contributed by atoms with Crippen molar-refractivity contribution in [2.45, 2.75) is 37.6 Å². The Morgan fingerprint density at radius 2 is 2.12 bits per heavy atom. The zero-order valence-corrected chi connectivity index (χ0v) is 10.7. The predicted molar refractivity (Wildman–Crippen MR) is 69.9 cm³/mol. The molecule has 0 spiro atoms. The van der Waals surface area contributed by atoms with Gasteiger partial charge in [0.15, 0.2) is 0 Å². The summed E-state index contributed by atoms with van der Waals surface area (Å²) in [6.45, 7) is 4.51. The first kappa shape index (κ1) is 11.8. The molecular formula is C13H19NOS. The molecule has 3 heteroatoms. The maximum absolute atomic E-state index is 9.21. The lowest BCUT2D eigenvalue weighted by Gasteiger charge is -2.24. The lowest BCUT2D eigenvalue weighted by molar-refractivity contribution is 0.456. The molecule has 1 fully saturated rings. The normalized spacial score (nSPS) is 29.5. The van der Waals surface area contributed by atoms with E-state index >= 15 is 0 Å². The van der Waals surface area contributed by atoms with E-state index in [4.69, 9.17) is 0 Å². The van der Waals surface area contributed by atoms with Gasteiger partial charge in [-0.05, 0) is 44.4 Å². The van der Waals surface area contributed by atoms with E-state index in [1.807, 2.05) is 23.9 Å². The Labute approximate surface area is 101 Å². The Balaban J connectivity index is 1.90. The Bertz CT molecular complexity index is 351. The molecule has 0 aliphatic carbocycles. The molecule has 2 N–H and O–H groups in total. The number of hydrogen-bond acceptors (Lipinski definition) is 3. The Kier molecular flexibility index (Phi) is 3.45. The van der Waals surface area contributed by atoms with Crippen LogP contribution in [0.1, 0.15) is 25.8 Å². The number of hydrogen-bond donors (Lipinski definition) is 2. The van der Waals surface area contributed by atoms with Gasteiger partial charge in [0.25, 0.3) is 0 Å². The lowest BCUT2D eigenvalue weighted by atomic mass is 10.1. The molecular weight excluding hydrogens is 218 g/mol. The highest BCUT2D eigenvalue weighted by Gasteiger charge is 2.32. The molecule has 0 bridgehead atoms. The highest BCUT2D eigenvalue weighted by Crippen LogP contribution is 2.33. The Morgan fingerprint density at radius 1 is 1.44 bits per heavy atom. The van der Waals surface area contributed by atoms with Crippen LogP contribution in [0.15, 0.2) is 24.3 Å². The smallest absolute Gasteiger partial charge is 0.115 e. The molecule has 0 amide bonds. The molecule has 0 radical (unpaired) electrons. The zero-order chi connectivity index (χ0) is 11.6. The molecule has 16 heavy (non-hydrogen) atoms. The van der Waals surface area contributed by atoms with Crippen LogP contribution in [0, 0.1) is 0 Å². The van der Waals surface area contributed by atoms with E-state index in [-0.39, 0.29) is 4.87 Å². The molecule has 88 valence electrons. The fourth-order valence-corrected chi connectivity index (χ4v) is 3.34. The molecule has 0 aromatic heterocycles. The van der Waals surface area contributed by atoms with Gasteiger partial charge in [-0.1, -0.05) is 12.1 Å². The number of rotatable bonds is 3. The number of phenolic OH excluding ortho intramolecular Hbond substituents is 1. The highest BCUT2D eigenvalue weighted by atomic mass is 32.2. The molecule has 1 aromatic carbocycles. The van der Waals surface area contributed by atoms with Gasteiger partial charge in [0, 0.05) is 11.8 Å². The van der Waals surface area contributed by atoms with Gasteiger partial charge < -0.3 is 5.11 Å². The molecule has 1 aromatic rings. The largest absolute Gasteiger partial charge is 0.508 e. The second kappa shape index (κ2) is 4.68. The number of thioether (sulfide) groups is 1. The topological polar surface area (TPSA) is 32.3 Å². The van der Waals surface area contributed by atoms with Gasteiger partial charge in [0.2, 0.25) is 0 Å². The van der Waals surface area contributed by atoms with Crippen LogP contribution < -0.4 is 5.32 Å². The maximum atomic E-state index is 9.21. The Hall–Kier alpha value is -0.670. The maximum Gasteiger partial charge on any atom is 0.115 e. The molecule has 1 aliphatic rings. The van der Waals surface area contributed by atoms with Gasteiger partial charge in [-0.25, -0.2) is 0 Å². The summed E-state index contributed by atoms with van der Waals surface area (Å²) in [6.07, 6.45) is 2.19. The van der Waals surface area contributed by atoms with Crippen molar-refractivity contribution in [1.82, 2.24) is 5.32 Å². The molecule has 1 heterocycles. The first-order valence-electron chi connectivity index (χ1n) is 5.77. The molecule has 1 saturated heterocycles. The van der Waals surface area contributed by atoms with Crippen LogP contribution in [-0.2, 0) is 6.42 Å². The van der Waals surface area contributed by atoms with Crippen molar-refractivity contribution in [2.75, 3.05) is 5.75 Å². The molecule has 1 aliphatic heterocycles. The van der Waals surface area contributed by atoms with Crippen molar-refractivity contribution in [3.8, 4) is 5.75 Å². The fraction of sp³-hybridized carbons (Fsp3) is 0.538. The lowest BCUT2D eigenvalue weighted by Crippen LogP contribution is -2.38. The summed E-state index contributed by atoms with van der Waals surface area (Å²) in [6, 6.07) is 8.14. The van der Waals surface area contributed by atoms with Crippen molar-refractivity contribution in [3.63, 3.8) is 0 Å². The summed E-state index contributed by atoms with van der Waals surface area (Å²) in [5.41, 5.74) is 1.29. The SMILES string of the molecule is CC1CSC(C)(CCc2ccc(O)cc2)N1. The molecule has 2 rings (SSSR count). The van der Waals surface area contributed by atoms with E-state index in [0.717, 1.165) is 12.8 Å². The van der Waals surface area contributed by atoms with Crippen molar-refractivity contribution < 1.29 is 5.11 Å². The summed E-state index contributed by atoms with van der Waals surface area (Å²) in [5, 5.41) is 12.8. The Morgan fingerprint density at radius 3 is 2.69 bits per heavy atom. The van der Waals surface area contributed by atoms with E-state index in [1.165, 1.54) is 11.3 Å². The average Bonchev–Trinajstić information content (AvgIpc) is 2.59. The van der Waals surface area contributed by atoms with Gasteiger partial charge in [-0.2, -0.15) is 0 Å². The van der Waals surface area contributed by atoms with Gasteiger partial charge >= 0.3 is 0 Å². The van der Waals surface area contributed by atoms with Crippen LogP contribution in [-0.4, -0.2) is 21.8 Å². The van der Waals surface area contributed by atoms with E-state index in [1.54, 1.807) is 12.1 Å². The third kappa shape index (κ3) is 2.92. The van der Waals surface area contributed by atoms with Crippen LogP contribution in [0.25, 0.3) is 0 Å². The summed E-state index contributed by atoms with van der Waals surface area (Å²) >= 11 is 2.01. The first-order valence-corrected chi connectivity index (χ1v) is 6.75. The molecule has 2 unspecified atom stereocenters. The summed E-state index contributed by atoms with van der Waals surface area (Å²) < 4.78 is 0. The van der Waals surface area contributed by atoms with Gasteiger partial charge in [-0.3, -0.25) is 5.32 Å². The van der Waals surface area contributed by atoms with Gasteiger partial charge in [0.05, 0.1) is 4.87 Å². The molecule has 2 nitrogen and oxygen atoms in total. The van der Waals surface area contributed by atoms with E-state index < -0.39 is 0 Å². The second-order valence-electron chi connectivity index (χ2n) is 4.75. The van der Waals surface area contributed by atoms with Gasteiger partial charge in [0.1, 0.15) is 5.75 Å². The average molecular weight is 237 g/mol. The van der Waals surface area contributed by atoms with Crippen molar-refractivity contribution in [2.24, 2.45) is 0 Å². The monoisotopic (exact) mass is 237 g/mol. The number of benzene rings is 1. The number of aryl methyl sites for hydroxylation is 1. The molecule has 2 atom stereocenters. The first-order chi connectivity index (χ1) is 7.57. The third-order valence-corrected chi connectivity index (χ3v) is 4.66. The standard InChI is InChI=1S/C13H19NOS/c1-10-9-16-13(2,14-10)8-7-11-3-5-12(15)6-4-11/h3-6,10,14-15H,7-9H2,1-2H3. The van der Waals surface area contributed by atoms with Crippen molar-refractivity contribution >= 4 is 11.8 Å². The van der Waals surface area contributed by atoms with E-state index in [9.17, 15) is 5.11 Å². The number of aromatic hydroxyl groups is 1. The van der Waals surface area contributed by atoms with E-state index in [0.29, 0.717) is 11.8 Å². The molecule has 0 saturated carbocycles. The van der Waals surface area contributed by atoms with E-state index in [2.05, 4.69) is 19.2 Å². The minimum atomic E-state index is 0.220. The van der Waals surface area contributed by atoms with Gasteiger partial charge in [-0.15, -0.1) is 11.8 Å². The summed E-state index contributed by atoms with van der Waals surface area (Å²) in [5.74, 6) is 1.54. The zero-order valence-electron chi connectivity index (χ0n) is 9.86. The minimum Gasteiger partial charge on any atom is -0.508 e. The van der Waals surface area contributed by atoms with Crippen molar-refractivity contribution in [3.05, 3.63) is 29.8 Å². The number of nitrogens with one attached hydrogen (secondary N) is 1.